The van der Waals surface area contributed by atoms with Crippen LogP contribution in [0.15, 0.2) is 47.2 Å². The van der Waals surface area contributed by atoms with E-state index >= 15 is 0 Å². The Morgan fingerprint density at radius 2 is 2.12 bits per heavy atom. The molecule has 0 spiro atoms. The Balaban J connectivity index is 2.26. The highest BCUT2D eigenvalue weighted by molar-refractivity contribution is 5.87. The van der Waals surface area contributed by atoms with Crippen LogP contribution in [0.4, 0.5) is 0 Å². The van der Waals surface area contributed by atoms with Gasteiger partial charge in [-0.1, -0.05) is 30.3 Å². The van der Waals surface area contributed by atoms with Crippen LogP contribution in [0.3, 0.4) is 0 Å². The molecule has 0 aliphatic carbocycles. The normalized spacial score (nSPS) is 22.7. The van der Waals surface area contributed by atoms with Crippen LogP contribution in [0.25, 0.3) is 0 Å². The minimum Gasteiger partial charge on any atom is -0.478 e. The molecule has 1 atom stereocenters. The molecule has 17 heavy (non-hydrogen) atoms. The van der Waals surface area contributed by atoms with Crippen molar-refractivity contribution in [3.63, 3.8) is 0 Å². The zero-order valence-electron chi connectivity index (χ0n) is 9.13. The maximum Gasteiger partial charge on any atom is 0.352 e. The second kappa shape index (κ2) is 4.29. The highest BCUT2D eigenvalue weighted by Gasteiger charge is 2.38. The molecule has 1 aromatic rings. The number of carbonyl (C=O) groups is 1. The zero-order valence-corrected chi connectivity index (χ0v) is 9.13. The van der Waals surface area contributed by atoms with Gasteiger partial charge in [-0.25, -0.2) is 4.79 Å². The molecule has 5 nitrogen and oxygen atoms in total. The summed E-state index contributed by atoms with van der Waals surface area (Å²) in [5.41, 5.74) is 5.46. The quantitative estimate of drug-likeness (QED) is 0.706. The van der Waals surface area contributed by atoms with Gasteiger partial charge in [0.1, 0.15) is 0 Å². The lowest BCUT2D eigenvalue weighted by atomic mass is 9.99. The number of nitrogens with one attached hydrogen (secondary N) is 1. The molecule has 0 aromatic heterocycles. The molecule has 1 unspecified atom stereocenters. The van der Waals surface area contributed by atoms with Gasteiger partial charge in [0.15, 0.2) is 0 Å². The van der Waals surface area contributed by atoms with Gasteiger partial charge in [-0.2, -0.15) is 0 Å². The van der Waals surface area contributed by atoms with E-state index in [0.717, 1.165) is 5.56 Å². The predicted octanol–water partition coefficient (Wildman–Crippen LogP) is 0.484. The number of rotatable bonds is 3. The molecule has 0 radical (unpaired) electrons. The molecule has 1 aliphatic rings. The zero-order chi connectivity index (χ0) is 12.3. The minimum atomic E-state index is -1.36. The van der Waals surface area contributed by atoms with Gasteiger partial charge in [-0.3, -0.25) is 4.99 Å². The number of allylic oxidation sites excluding steroid dienone is 1. The van der Waals surface area contributed by atoms with Crippen LogP contribution in [0.1, 0.15) is 5.56 Å². The van der Waals surface area contributed by atoms with Gasteiger partial charge in [-0.05, 0) is 5.56 Å². The summed E-state index contributed by atoms with van der Waals surface area (Å²) >= 11 is 0. The Morgan fingerprint density at radius 1 is 1.41 bits per heavy atom. The van der Waals surface area contributed by atoms with E-state index in [4.69, 9.17) is 5.73 Å². The van der Waals surface area contributed by atoms with Crippen molar-refractivity contribution in [3.05, 3.63) is 47.8 Å². The van der Waals surface area contributed by atoms with E-state index in [1.54, 1.807) is 0 Å². The standard InChI is InChI=1S/C12H13N3O2/c13-10-7-14-12(11(16)17,15-8-10)6-9-4-2-1-3-5-9/h1-5,7-8,14H,6,13H2,(H,16,17). The molecule has 0 amide bonds. The molecule has 4 N–H and O–H groups in total. The van der Waals surface area contributed by atoms with E-state index in [1.165, 1.54) is 12.4 Å². The number of hydrogen-bond acceptors (Lipinski definition) is 4. The molecule has 1 aromatic carbocycles. The smallest absolute Gasteiger partial charge is 0.352 e. The van der Waals surface area contributed by atoms with Crippen molar-refractivity contribution in [1.82, 2.24) is 5.32 Å². The average molecular weight is 231 g/mol. The first-order chi connectivity index (χ1) is 8.12. The fourth-order valence-corrected chi connectivity index (χ4v) is 1.64. The maximum atomic E-state index is 11.3. The molecular weight excluding hydrogens is 218 g/mol. The fourth-order valence-electron chi connectivity index (χ4n) is 1.64. The lowest BCUT2D eigenvalue weighted by Crippen LogP contribution is -2.52. The largest absolute Gasteiger partial charge is 0.478 e. The van der Waals surface area contributed by atoms with E-state index in [2.05, 4.69) is 10.3 Å². The molecule has 0 saturated heterocycles. The number of aliphatic carboxylic acids is 1. The van der Waals surface area contributed by atoms with Crippen molar-refractivity contribution in [2.45, 2.75) is 12.1 Å². The monoisotopic (exact) mass is 231 g/mol. The Labute approximate surface area is 98.7 Å². The molecule has 0 bridgehead atoms. The lowest BCUT2D eigenvalue weighted by molar-refractivity contribution is -0.144. The first-order valence-corrected chi connectivity index (χ1v) is 5.18. The summed E-state index contributed by atoms with van der Waals surface area (Å²) in [6.07, 6.45) is 3.10. The first kappa shape index (κ1) is 11.2. The van der Waals surface area contributed by atoms with Crippen LogP contribution in [-0.2, 0) is 11.2 Å². The van der Waals surface area contributed by atoms with Crippen LogP contribution in [0.2, 0.25) is 0 Å². The summed E-state index contributed by atoms with van der Waals surface area (Å²) in [7, 11) is 0. The van der Waals surface area contributed by atoms with Crippen LogP contribution in [0.5, 0.6) is 0 Å². The van der Waals surface area contributed by atoms with Gasteiger partial charge in [-0.15, -0.1) is 0 Å². The first-order valence-electron chi connectivity index (χ1n) is 5.18. The third-order valence-electron chi connectivity index (χ3n) is 2.57. The van der Waals surface area contributed by atoms with Crippen LogP contribution >= 0.6 is 0 Å². The number of carboxylic acid groups (broad SMARTS) is 1. The number of aliphatic imine (C=N–C) groups is 1. The molecule has 5 heteroatoms. The van der Waals surface area contributed by atoms with Crippen LogP contribution in [-0.4, -0.2) is 23.0 Å². The molecule has 88 valence electrons. The van der Waals surface area contributed by atoms with Crippen molar-refractivity contribution in [1.29, 1.82) is 0 Å². The molecular formula is C12H13N3O2. The molecule has 0 fully saturated rings. The van der Waals surface area contributed by atoms with Gasteiger partial charge in [0.2, 0.25) is 5.66 Å². The van der Waals surface area contributed by atoms with E-state index in [9.17, 15) is 9.90 Å². The average Bonchev–Trinajstić information content (AvgIpc) is 2.33. The summed E-state index contributed by atoms with van der Waals surface area (Å²) < 4.78 is 0. The SMILES string of the molecule is NC1=CNC(Cc2ccccc2)(C(=O)O)N=C1. The molecule has 0 saturated carbocycles. The molecule has 1 heterocycles. The third kappa shape index (κ3) is 2.28. The molecule has 1 aliphatic heterocycles. The topological polar surface area (TPSA) is 87.7 Å². The summed E-state index contributed by atoms with van der Waals surface area (Å²) in [5, 5.41) is 12.0. The Bertz CT molecular complexity index is 482. The predicted molar refractivity (Wildman–Crippen MR) is 64.4 cm³/mol. The van der Waals surface area contributed by atoms with Crippen molar-refractivity contribution in [3.8, 4) is 0 Å². The van der Waals surface area contributed by atoms with Gasteiger partial charge in [0, 0.05) is 18.8 Å². The third-order valence-corrected chi connectivity index (χ3v) is 2.57. The van der Waals surface area contributed by atoms with Gasteiger partial charge < -0.3 is 16.2 Å². The highest BCUT2D eigenvalue weighted by atomic mass is 16.4. The van der Waals surface area contributed by atoms with Crippen molar-refractivity contribution < 1.29 is 9.90 Å². The molecule has 2 rings (SSSR count). The van der Waals surface area contributed by atoms with Crippen molar-refractivity contribution in [2.24, 2.45) is 10.7 Å². The number of nitrogens with two attached hydrogens (primary N) is 1. The Morgan fingerprint density at radius 3 is 2.65 bits per heavy atom. The number of nitrogens with zero attached hydrogens (tertiary/aromatic N) is 1. The van der Waals surface area contributed by atoms with Crippen molar-refractivity contribution >= 4 is 12.2 Å². The van der Waals surface area contributed by atoms with E-state index in [1.807, 2.05) is 30.3 Å². The van der Waals surface area contributed by atoms with Crippen molar-refractivity contribution in [2.75, 3.05) is 0 Å². The van der Waals surface area contributed by atoms with E-state index < -0.39 is 11.6 Å². The van der Waals surface area contributed by atoms with Crippen LogP contribution < -0.4 is 11.1 Å². The lowest BCUT2D eigenvalue weighted by Gasteiger charge is -2.28. The highest BCUT2D eigenvalue weighted by Crippen LogP contribution is 2.18. The van der Waals surface area contributed by atoms with E-state index in [0.29, 0.717) is 5.70 Å². The number of carboxylic acids is 1. The van der Waals surface area contributed by atoms with Gasteiger partial charge >= 0.3 is 5.97 Å². The summed E-state index contributed by atoms with van der Waals surface area (Å²) in [4.78, 5) is 15.3. The minimum absolute atomic E-state index is 0.267. The summed E-state index contributed by atoms with van der Waals surface area (Å²) in [5.74, 6) is -1.03. The fraction of sp³-hybridized carbons (Fsp3) is 0.167. The second-order valence-electron chi connectivity index (χ2n) is 3.87. The summed E-state index contributed by atoms with van der Waals surface area (Å²) in [6, 6.07) is 9.34. The van der Waals surface area contributed by atoms with Gasteiger partial charge in [0.25, 0.3) is 0 Å². The number of benzene rings is 1. The number of hydrogen-bond donors (Lipinski definition) is 3. The van der Waals surface area contributed by atoms with E-state index in [-0.39, 0.29) is 6.42 Å². The maximum absolute atomic E-state index is 11.3. The Hall–Kier alpha value is -2.30. The van der Waals surface area contributed by atoms with Crippen LogP contribution in [0, 0.1) is 0 Å². The summed E-state index contributed by atoms with van der Waals surface area (Å²) in [6.45, 7) is 0. The van der Waals surface area contributed by atoms with Gasteiger partial charge in [0.05, 0.1) is 5.70 Å². The second-order valence-corrected chi connectivity index (χ2v) is 3.87. The Kier molecular flexibility index (Phi) is 2.82.